The molecule has 1 aliphatic rings. The van der Waals surface area contributed by atoms with Gasteiger partial charge in [-0.25, -0.2) is 4.39 Å². The first-order chi connectivity index (χ1) is 10.1. The van der Waals surface area contributed by atoms with Crippen LogP contribution in [0.4, 0.5) is 21.5 Å². The number of hydrogen-bond acceptors (Lipinski definition) is 3. The van der Waals surface area contributed by atoms with Gasteiger partial charge in [-0.15, -0.1) is 0 Å². The van der Waals surface area contributed by atoms with Crippen LogP contribution in [-0.2, 0) is 4.79 Å². The van der Waals surface area contributed by atoms with E-state index in [0.717, 1.165) is 5.69 Å². The van der Waals surface area contributed by atoms with Crippen LogP contribution in [-0.4, -0.2) is 17.6 Å². The highest BCUT2D eigenvalue weighted by Gasteiger charge is 2.26. The van der Waals surface area contributed by atoms with Gasteiger partial charge in [-0.05, 0) is 31.2 Å². The van der Waals surface area contributed by atoms with Crippen molar-refractivity contribution in [2.24, 2.45) is 0 Å². The Balaban J connectivity index is 2.18. The number of fused-ring (bicyclic) bond motifs is 1. The van der Waals surface area contributed by atoms with Gasteiger partial charge in [0.15, 0.2) is 0 Å². The lowest BCUT2D eigenvalue weighted by atomic mass is 10.0. The molecule has 0 fully saturated rings. The molecule has 4 nitrogen and oxygen atoms in total. The van der Waals surface area contributed by atoms with Crippen molar-refractivity contribution in [2.45, 2.75) is 13.0 Å². The first kappa shape index (κ1) is 13.6. The van der Waals surface area contributed by atoms with E-state index in [1.165, 1.54) is 13.0 Å². The number of para-hydroxylation sites is 2. The number of carbonyl (C=O) groups is 1. The van der Waals surface area contributed by atoms with E-state index in [1.807, 2.05) is 18.2 Å². The van der Waals surface area contributed by atoms with Crippen molar-refractivity contribution in [2.75, 3.05) is 16.8 Å². The molecule has 1 atom stereocenters. The predicted molar refractivity (Wildman–Crippen MR) is 79.1 cm³/mol. The number of halogens is 1. The predicted octanol–water partition coefficient (Wildman–Crippen LogP) is 2.97. The molecule has 0 unspecified atom stereocenters. The van der Waals surface area contributed by atoms with Crippen LogP contribution in [0.3, 0.4) is 0 Å². The highest BCUT2D eigenvalue weighted by molar-refractivity contribution is 6.03. The molecule has 0 bridgehead atoms. The van der Waals surface area contributed by atoms with Crippen molar-refractivity contribution < 1.29 is 14.3 Å². The maximum absolute atomic E-state index is 14.0. The molecule has 2 N–H and O–H groups in total. The van der Waals surface area contributed by atoms with Gasteiger partial charge in [0, 0.05) is 5.56 Å². The number of rotatable bonds is 2. The summed E-state index contributed by atoms with van der Waals surface area (Å²) in [6, 6.07) is 11.9. The Labute approximate surface area is 121 Å². The van der Waals surface area contributed by atoms with Gasteiger partial charge in [-0.3, -0.25) is 4.79 Å². The standard InChI is InChI=1S/C16H15FN2O2/c1-10(20)16-11(17)5-4-8-14(16)19-9-15(21)18-12-6-2-3-7-13(12)19/h2-8,10,20H,9H2,1H3,(H,18,21)/t10-/m0/s1. The molecule has 0 aromatic heterocycles. The Morgan fingerprint density at radius 2 is 1.90 bits per heavy atom. The summed E-state index contributed by atoms with van der Waals surface area (Å²) >= 11 is 0. The Kier molecular flexibility index (Phi) is 3.35. The van der Waals surface area contributed by atoms with E-state index < -0.39 is 11.9 Å². The van der Waals surface area contributed by atoms with Gasteiger partial charge in [-0.1, -0.05) is 18.2 Å². The zero-order chi connectivity index (χ0) is 15.0. The molecule has 0 saturated carbocycles. The van der Waals surface area contributed by atoms with E-state index in [2.05, 4.69) is 5.32 Å². The molecule has 0 spiro atoms. The fourth-order valence-corrected chi connectivity index (χ4v) is 2.62. The van der Waals surface area contributed by atoms with E-state index in [-0.39, 0.29) is 18.0 Å². The molecule has 0 aliphatic carbocycles. The summed E-state index contributed by atoms with van der Waals surface area (Å²) in [5.41, 5.74) is 2.16. The third kappa shape index (κ3) is 2.36. The second-order valence-corrected chi connectivity index (χ2v) is 5.00. The summed E-state index contributed by atoms with van der Waals surface area (Å²) in [6.45, 7) is 1.60. The topological polar surface area (TPSA) is 52.6 Å². The minimum atomic E-state index is -0.960. The lowest BCUT2D eigenvalue weighted by molar-refractivity contribution is -0.115. The van der Waals surface area contributed by atoms with Crippen LogP contribution in [0.25, 0.3) is 0 Å². The molecule has 0 radical (unpaired) electrons. The largest absolute Gasteiger partial charge is 0.389 e. The highest BCUT2D eigenvalue weighted by atomic mass is 19.1. The Hall–Kier alpha value is -2.40. The molecular weight excluding hydrogens is 271 g/mol. The van der Waals surface area contributed by atoms with Crippen LogP contribution in [0.2, 0.25) is 0 Å². The maximum atomic E-state index is 14.0. The fourth-order valence-electron chi connectivity index (χ4n) is 2.62. The lowest BCUT2D eigenvalue weighted by Crippen LogP contribution is -2.35. The van der Waals surface area contributed by atoms with Gasteiger partial charge < -0.3 is 15.3 Å². The number of carbonyl (C=O) groups excluding carboxylic acids is 1. The monoisotopic (exact) mass is 286 g/mol. The number of aliphatic hydroxyl groups excluding tert-OH is 1. The molecule has 1 amide bonds. The molecular formula is C16H15FN2O2. The van der Waals surface area contributed by atoms with Crippen molar-refractivity contribution >= 4 is 23.0 Å². The number of nitrogens with zero attached hydrogens (tertiary/aromatic N) is 1. The average Bonchev–Trinajstić information content (AvgIpc) is 2.45. The van der Waals surface area contributed by atoms with Crippen molar-refractivity contribution in [3.8, 4) is 0 Å². The van der Waals surface area contributed by atoms with E-state index in [1.54, 1.807) is 23.1 Å². The zero-order valence-electron chi connectivity index (χ0n) is 11.5. The summed E-state index contributed by atoms with van der Waals surface area (Å²) < 4.78 is 14.0. The number of aliphatic hydroxyl groups is 1. The number of anilines is 3. The van der Waals surface area contributed by atoms with Crippen LogP contribution in [0.5, 0.6) is 0 Å². The first-order valence-corrected chi connectivity index (χ1v) is 6.71. The van der Waals surface area contributed by atoms with Crippen LogP contribution in [0, 0.1) is 5.82 Å². The van der Waals surface area contributed by atoms with Crippen LogP contribution >= 0.6 is 0 Å². The molecule has 0 saturated heterocycles. The third-order valence-corrected chi connectivity index (χ3v) is 3.51. The number of amides is 1. The second kappa shape index (κ2) is 5.18. The Morgan fingerprint density at radius 1 is 1.19 bits per heavy atom. The maximum Gasteiger partial charge on any atom is 0.244 e. The van der Waals surface area contributed by atoms with Gasteiger partial charge in [0.05, 0.1) is 23.2 Å². The molecule has 1 heterocycles. The van der Waals surface area contributed by atoms with Crippen molar-refractivity contribution in [3.05, 3.63) is 53.8 Å². The van der Waals surface area contributed by atoms with E-state index in [4.69, 9.17) is 0 Å². The smallest absolute Gasteiger partial charge is 0.244 e. The summed E-state index contributed by atoms with van der Waals surface area (Å²) in [6.07, 6.45) is -0.960. The van der Waals surface area contributed by atoms with Crippen molar-refractivity contribution in [1.82, 2.24) is 0 Å². The summed E-state index contributed by atoms with van der Waals surface area (Å²) in [4.78, 5) is 13.6. The van der Waals surface area contributed by atoms with Crippen molar-refractivity contribution in [3.63, 3.8) is 0 Å². The summed E-state index contributed by atoms with van der Waals surface area (Å²) in [5, 5.41) is 12.6. The Morgan fingerprint density at radius 3 is 2.67 bits per heavy atom. The fraction of sp³-hybridized carbons (Fsp3) is 0.188. The average molecular weight is 286 g/mol. The molecule has 5 heteroatoms. The summed E-state index contributed by atoms with van der Waals surface area (Å²) in [5.74, 6) is -0.652. The number of benzene rings is 2. The zero-order valence-corrected chi connectivity index (χ0v) is 11.5. The third-order valence-electron chi connectivity index (χ3n) is 3.51. The first-order valence-electron chi connectivity index (χ1n) is 6.71. The normalized spacial score (nSPS) is 15.4. The highest BCUT2D eigenvalue weighted by Crippen LogP contribution is 2.38. The van der Waals surface area contributed by atoms with Crippen LogP contribution < -0.4 is 10.2 Å². The second-order valence-electron chi connectivity index (χ2n) is 5.00. The van der Waals surface area contributed by atoms with Crippen LogP contribution in [0.1, 0.15) is 18.6 Å². The molecule has 21 heavy (non-hydrogen) atoms. The van der Waals surface area contributed by atoms with Crippen molar-refractivity contribution in [1.29, 1.82) is 0 Å². The van der Waals surface area contributed by atoms with Gasteiger partial charge >= 0.3 is 0 Å². The summed E-state index contributed by atoms with van der Waals surface area (Å²) in [7, 11) is 0. The Bertz CT molecular complexity index is 700. The van der Waals surface area contributed by atoms with Crippen LogP contribution in [0.15, 0.2) is 42.5 Å². The lowest BCUT2D eigenvalue weighted by Gasteiger charge is -2.32. The van der Waals surface area contributed by atoms with Gasteiger partial charge in [0.1, 0.15) is 12.4 Å². The number of nitrogens with one attached hydrogen (secondary N) is 1. The molecule has 3 rings (SSSR count). The van der Waals surface area contributed by atoms with E-state index in [0.29, 0.717) is 11.4 Å². The molecule has 108 valence electrons. The quantitative estimate of drug-likeness (QED) is 0.892. The molecule has 2 aromatic carbocycles. The minimum Gasteiger partial charge on any atom is -0.389 e. The molecule has 2 aromatic rings. The van der Waals surface area contributed by atoms with Gasteiger partial charge in [0.25, 0.3) is 0 Å². The number of hydrogen-bond donors (Lipinski definition) is 2. The SMILES string of the molecule is C[C@H](O)c1c(F)cccc1N1CC(=O)Nc2ccccc21. The molecule has 1 aliphatic heterocycles. The van der Waals surface area contributed by atoms with E-state index in [9.17, 15) is 14.3 Å². The minimum absolute atomic E-state index is 0.0835. The van der Waals surface area contributed by atoms with E-state index >= 15 is 0 Å². The van der Waals surface area contributed by atoms with Gasteiger partial charge in [-0.2, -0.15) is 0 Å². The van der Waals surface area contributed by atoms with Gasteiger partial charge in [0.2, 0.25) is 5.91 Å².